The predicted octanol–water partition coefficient (Wildman–Crippen LogP) is 13.4. The van der Waals surface area contributed by atoms with Gasteiger partial charge in [-0.2, -0.15) is 0 Å². The van der Waals surface area contributed by atoms with Crippen molar-refractivity contribution in [3.05, 3.63) is 200 Å². The normalized spacial score (nSPS) is 11.3. The van der Waals surface area contributed by atoms with Crippen molar-refractivity contribution in [2.75, 3.05) is 0 Å². The van der Waals surface area contributed by atoms with Gasteiger partial charge in [-0.05, 0) is 62.4 Å². The Labute approximate surface area is 319 Å². The molecule has 0 atom stereocenters. The monoisotopic (exact) mass is 703 g/mol. The molecule has 0 spiro atoms. The van der Waals surface area contributed by atoms with E-state index in [0.29, 0.717) is 0 Å². The van der Waals surface area contributed by atoms with E-state index in [4.69, 9.17) is 14.6 Å². The maximum atomic E-state index is 6.64. The van der Waals surface area contributed by atoms with Crippen molar-refractivity contribution in [2.45, 2.75) is 0 Å². The zero-order valence-corrected chi connectivity index (χ0v) is 29.8. The van der Waals surface area contributed by atoms with Crippen LogP contribution in [-0.2, 0) is 0 Å². The molecule has 0 saturated heterocycles. The van der Waals surface area contributed by atoms with Crippen molar-refractivity contribution >= 4 is 21.9 Å². The first kappa shape index (κ1) is 32.2. The van der Waals surface area contributed by atoms with Crippen LogP contribution in [0.1, 0.15) is 0 Å². The van der Waals surface area contributed by atoms with Crippen molar-refractivity contribution < 1.29 is 4.42 Å². The van der Waals surface area contributed by atoms with Gasteiger partial charge in [0.1, 0.15) is 22.6 Å². The highest BCUT2D eigenvalue weighted by molar-refractivity contribution is 6.20. The molecule has 8 aromatic carbocycles. The molecule has 0 aliphatic rings. The van der Waals surface area contributed by atoms with Gasteiger partial charge in [-0.3, -0.25) is 0 Å². The van der Waals surface area contributed by atoms with Gasteiger partial charge in [-0.25, -0.2) is 0 Å². The van der Waals surface area contributed by atoms with E-state index >= 15 is 0 Å². The van der Waals surface area contributed by atoms with E-state index in [0.717, 1.165) is 100 Å². The topological polar surface area (TPSA) is 51.8 Å². The molecule has 0 aliphatic heterocycles. The minimum atomic E-state index is 0.750. The first-order valence-corrected chi connectivity index (χ1v) is 18.5. The summed E-state index contributed by atoms with van der Waals surface area (Å²) >= 11 is 0. The van der Waals surface area contributed by atoms with Gasteiger partial charge in [-0.1, -0.05) is 182 Å². The Morgan fingerprint density at radius 3 is 1.53 bits per heavy atom. The van der Waals surface area contributed by atoms with Crippen molar-refractivity contribution in [3.63, 3.8) is 0 Å². The van der Waals surface area contributed by atoms with Crippen molar-refractivity contribution in [1.29, 1.82) is 0 Å². The number of rotatable bonds is 7. The smallest absolute Gasteiger partial charge is 0.136 e. The molecule has 10 aromatic rings. The molecule has 0 saturated carbocycles. The molecular weight excluding hydrogens is 671 g/mol. The number of benzene rings is 8. The van der Waals surface area contributed by atoms with E-state index in [2.05, 4.69) is 175 Å². The van der Waals surface area contributed by atoms with Crippen molar-refractivity contribution in [3.8, 4) is 78.1 Å². The van der Waals surface area contributed by atoms with Crippen LogP contribution in [0.4, 0.5) is 0 Å². The van der Waals surface area contributed by atoms with Crippen molar-refractivity contribution in [1.82, 2.24) is 15.4 Å². The lowest BCUT2D eigenvalue weighted by Crippen LogP contribution is -2.02. The maximum absolute atomic E-state index is 6.64. The van der Waals surface area contributed by atoms with E-state index in [1.807, 2.05) is 30.3 Å². The zero-order valence-electron chi connectivity index (χ0n) is 29.8. The van der Waals surface area contributed by atoms with Gasteiger partial charge in [-0.15, -0.1) is 10.2 Å². The third kappa shape index (κ3) is 5.68. The third-order valence-corrected chi connectivity index (χ3v) is 10.4. The first-order chi connectivity index (χ1) is 27.3. The second kappa shape index (κ2) is 13.8. The second-order valence-electron chi connectivity index (χ2n) is 13.6. The molecule has 55 heavy (non-hydrogen) atoms. The maximum Gasteiger partial charge on any atom is 0.136 e. The fraction of sp³-hybridized carbons (Fsp3) is 0. The molecule has 0 radical (unpaired) electrons. The molecule has 0 unspecified atom stereocenters. The Morgan fingerprint density at radius 2 is 0.818 bits per heavy atom. The zero-order chi connectivity index (χ0) is 36.6. The van der Waals surface area contributed by atoms with Crippen LogP contribution in [0, 0.1) is 0 Å². The molecule has 4 heteroatoms. The van der Waals surface area contributed by atoms with Crippen LogP contribution in [-0.4, -0.2) is 15.4 Å². The van der Waals surface area contributed by atoms with Crippen LogP contribution < -0.4 is 0 Å². The number of furan rings is 1. The lowest BCUT2D eigenvalue weighted by atomic mass is 9.81. The van der Waals surface area contributed by atoms with E-state index in [1.54, 1.807) is 0 Å². The molecular formula is C51H33N3O. The number of hydrogen-bond donors (Lipinski definition) is 0. The Morgan fingerprint density at radius 1 is 0.291 bits per heavy atom. The summed E-state index contributed by atoms with van der Waals surface area (Å²) in [5.74, 6) is 0. The SMILES string of the molecule is c1ccc(-c2ccccc2-c2ccc3oc4ccccc4c3c2-c2c(-c3ccccc3)cccc2-c2nnnc(-c3ccccc3)c2-c2ccccc2)cc1. The molecule has 0 N–H and O–H groups in total. The van der Waals surface area contributed by atoms with Gasteiger partial charge in [0.2, 0.25) is 0 Å². The van der Waals surface area contributed by atoms with E-state index in [9.17, 15) is 0 Å². The first-order valence-electron chi connectivity index (χ1n) is 18.5. The van der Waals surface area contributed by atoms with Gasteiger partial charge in [0.15, 0.2) is 0 Å². The van der Waals surface area contributed by atoms with Crippen LogP contribution in [0.5, 0.6) is 0 Å². The highest BCUT2D eigenvalue weighted by Crippen LogP contribution is 2.51. The molecule has 258 valence electrons. The van der Waals surface area contributed by atoms with Gasteiger partial charge < -0.3 is 4.42 Å². The average Bonchev–Trinajstić information content (AvgIpc) is 3.66. The summed E-state index contributed by atoms with van der Waals surface area (Å²) in [7, 11) is 0. The highest BCUT2D eigenvalue weighted by atomic mass is 16.3. The number of fused-ring (bicyclic) bond motifs is 3. The summed E-state index contributed by atoms with van der Waals surface area (Å²) in [4.78, 5) is 0. The summed E-state index contributed by atoms with van der Waals surface area (Å²) in [5.41, 5.74) is 15.8. The molecule has 0 amide bonds. The molecule has 2 aromatic heterocycles. The van der Waals surface area contributed by atoms with Crippen LogP contribution in [0.2, 0.25) is 0 Å². The van der Waals surface area contributed by atoms with Crippen LogP contribution in [0.25, 0.3) is 100 Å². The Bertz CT molecular complexity index is 2960. The quantitative estimate of drug-likeness (QED) is 0.166. The number of para-hydroxylation sites is 1. The summed E-state index contributed by atoms with van der Waals surface area (Å²) < 4.78 is 6.64. The number of nitrogens with zero attached hydrogens (tertiary/aromatic N) is 3. The summed E-state index contributed by atoms with van der Waals surface area (Å²) in [5, 5.41) is 16.2. The Balaban J connectivity index is 1.39. The fourth-order valence-corrected chi connectivity index (χ4v) is 7.95. The second-order valence-corrected chi connectivity index (χ2v) is 13.6. The van der Waals surface area contributed by atoms with Gasteiger partial charge in [0.05, 0.1) is 0 Å². The molecule has 0 fully saturated rings. The molecule has 0 aliphatic carbocycles. The highest BCUT2D eigenvalue weighted by Gasteiger charge is 2.27. The minimum Gasteiger partial charge on any atom is -0.456 e. The van der Waals surface area contributed by atoms with E-state index in [1.165, 1.54) is 0 Å². The van der Waals surface area contributed by atoms with Crippen LogP contribution >= 0.6 is 0 Å². The van der Waals surface area contributed by atoms with Crippen molar-refractivity contribution in [2.24, 2.45) is 0 Å². The fourth-order valence-electron chi connectivity index (χ4n) is 7.95. The van der Waals surface area contributed by atoms with Gasteiger partial charge >= 0.3 is 0 Å². The largest absolute Gasteiger partial charge is 0.456 e. The Kier molecular flexibility index (Phi) is 8.12. The molecule has 0 bridgehead atoms. The average molecular weight is 704 g/mol. The van der Waals surface area contributed by atoms with E-state index in [-0.39, 0.29) is 0 Å². The summed E-state index contributed by atoms with van der Waals surface area (Å²) in [6.07, 6.45) is 0. The number of aromatic nitrogens is 3. The molecule has 10 rings (SSSR count). The minimum absolute atomic E-state index is 0.750. The summed E-state index contributed by atoms with van der Waals surface area (Å²) in [6.45, 7) is 0. The lowest BCUT2D eigenvalue weighted by Gasteiger charge is -2.22. The third-order valence-electron chi connectivity index (χ3n) is 10.4. The predicted molar refractivity (Wildman–Crippen MR) is 225 cm³/mol. The van der Waals surface area contributed by atoms with Gasteiger partial charge in [0.25, 0.3) is 0 Å². The molecule has 4 nitrogen and oxygen atoms in total. The number of hydrogen-bond acceptors (Lipinski definition) is 4. The summed E-state index contributed by atoms with van der Waals surface area (Å²) in [6, 6.07) is 69.8. The van der Waals surface area contributed by atoms with Crippen LogP contribution in [0.15, 0.2) is 205 Å². The van der Waals surface area contributed by atoms with E-state index < -0.39 is 0 Å². The standard InChI is InChI=1S/C51H33N3O/c1-5-18-34(19-6-1)38-26-13-14-27-40(38)41-32-33-45-48(42-28-15-16-31-44(42)55-45)49(41)47-39(35-20-7-2-8-21-35)29-17-30-43(47)51-46(36-22-9-3-10-23-36)50(52-54-53-51)37-24-11-4-12-25-37/h1-33H. The van der Waals surface area contributed by atoms with Crippen LogP contribution in [0.3, 0.4) is 0 Å². The molecule has 2 heterocycles. The van der Waals surface area contributed by atoms with Gasteiger partial charge in [0, 0.05) is 38.6 Å². The Hall–Kier alpha value is -7.43. The lowest BCUT2D eigenvalue weighted by molar-refractivity contribution is 0.669.